The lowest BCUT2D eigenvalue weighted by Crippen LogP contribution is -2.32. The molecule has 198 valence electrons. The van der Waals surface area contributed by atoms with E-state index in [-0.39, 0.29) is 24.8 Å². The normalized spacial score (nSPS) is 12.9. The van der Waals surface area contributed by atoms with Crippen molar-refractivity contribution >= 4 is 23.5 Å². The molecule has 0 aromatic heterocycles. The molecule has 0 radical (unpaired) electrons. The molecule has 0 saturated heterocycles. The van der Waals surface area contributed by atoms with Crippen LogP contribution in [0.4, 0.5) is 5.69 Å². The molecule has 1 atom stereocenters. The fourth-order valence-electron chi connectivity index (χ4n) is 4.56. The Kier molecular flexibility index (Phi) is 8.15. The Bertz CT molecular complexity index is 1330. The number of carbonyl (C=O) groups excluding carboxylic acids is 3. The molecule has 3 aromatic rings. The van der Waals surface area contributed by atoms with E-state index in [1.807, 2.05) is 18.2 Å². The monoisotopic (exact) mass is 518 g/mol. The molecular weight excluding hydrogens is 488 g/mol. The summed E-state index contributed by atoms with van der Waals surface area (Å²) in [6.07, 6.45) is -0.0536. The van der Waals surface area contributed by atoms with Crippen LogP contribution in [0.2, 0.25) is 0 Å². The summed E-state index contributed by atoms with van der Waals surface area (Å²) in [5, 5.41) is 2.85. The summed E-state index contributed by atoms with van der Waals surface area (Å²) in [7, 11) is 4.53. The number of rotatable bonds is 10. The number of hydrogen-bond acceptors (Lipinski definition) is 7. The molecular formula is C29H30N2O7. The van der Waals surface area contributed by atoms with Crippen LogP contribution in [0.15, 0.2) is 60.7 Å². The van der Waals surface area contributed by atoms with E-state index in [0.717, 1.165) is 5.56 Å². The Hall–Kier alpha value is -4.53. The fraction of sp³-hybridized carbons (Fsp3) is 0.276. The van der Waals surface area contributed by atoms with Crippen LogP contribution in [-0.4, -0.2) is 50.6 Å². The zero-order valence-electron chi connectivity index (χ0n) is 21.8. The molecule has 1 aliphatic rings. The van der Waals surface area contributed by atoms with Gasteiger partial charge in [0, 0.05) is 17.8 Å². The van der Waals surface area contributed by atoms with Gasteiger partial charge in [0.25, 0.3) is 5.91 Å². The third-order valence-corrected chi connectivity index (χ3v) is 6.33. The summed E-state index contributed by atoms with van der Waals surface area (Å²) in [5.41, 5.74) is 2.91. The van der Waals surface area contributed by atoms with Gasteiger partial charge in [0.2, 0.25) is 11.7 Å². The fourth-order valence-corrected chi connectivity index (χ4v) is 4.56. The number of anilines is 1. The van der Waals surface area contributed by atoms with Gasteiger partial charge >= 0.3 is 5.97 Å². The highest BCUT2D eigenvalue weighted by Crippen LogP contribution is 2.43. The maximum Gasteiger partial charge on any atom is 0.338 e. The molecule has 1 N–H and O–H groups in total. The maximum atomic E-state index is 13.4. The van der Waals surface area contributed by atoms with Gasteiger partial charge in [-0.25, -0.2) is 4.79 Å². The van der Waals surface area contributed by atoms with E-state index in [1.165, 1.54) is 21.3 Å². The van der Waals surface area contributed by atoms with E-state index >= 15 is 0 Å². The SMILES string of the molecule is CCOC(=O)c1cccc(NC(=O)C[C@@H](c2cc(OC)c(OC)c(OC)c2)N2Cc3ccccc3C2=O)c1. The zero-order valence-corrected chi connectivity index (χ0v) is 21.8. The lowest BCUT2D eigenvalue weighted by molar-refractivity contribution is -0.117. The van der Waals surface area contributed by atoms with Crippen LogP contribution >= 0.6 is 0 Å². The standard InChI is InChI=1S/C29H30N2O7/c1-5-38-29(34)18-10-8-11-21(13-18)30-26(32)16-23(31-17-19-9-6-7-12-22(19)28(31)33)20-14-24(35-2)27(37-4)25(15-20)36-3/h6-15,23H,5,16-17H2,1-4H3,(H,30,32)/t23-/m0/s1. The van der Waals surface area contributed by atoms with E-state index in [9.17, 15) is 14.4 Å². The predicted molar refractivity (Wildman–Crippen MR) is 141 cm³/mol. The summed E-state index contributed by atoms with van der Waals surface area (Å²) >= 11 is 0. The lowest BCUT2D eigenvalue weighted by atomic mass is 10.00. The second-order valence-electron chi connectivity index (χ2n) is 8.62. The average molecular weight is 519 g/mol. The number of benzene rings is 3. The van der Waals surface area contributed by atoms with Crippen molar-refractivity contribution in [1.29, 1.82) is 0 Å². The van der Waals surface area contributed by atoms with Gasteiger partial charge in [-0.15, -0.1) is 0 Å². The van der Waals surface area contributed by atoms with E-state index < -0.39 is 12.0 Å². The highest BCUT2D eigenvalue weighted by molar-refractivity contribution is 5.99. The summed E-state index contributed by atoms with van der Waals surface area (Å²) in [6.45, 7) is 2.32. The van der Waals surface area contributed by atoms with Gasteiger partial charge in [0.05, 0.1) is 46.0 Å². The van der Waals surface area contributed by atoms with E-state index in [0.29, 0.717) is 46.2 Å². The molecule has 9 heteroatoms. The highest BCUT2D eigenvalue weighted by atomic mass is 16.5. The second kappa shape index (κ2) is 11.7. The van der Waals surface area contributed by atoms with Crippen molar-refractivity contribution in [2.45, 2.75) is 25.9 Å². The minimum Gasteiger partial charge on any atom is -0.493 e. The van der Waals surface area contributed by atoms with Crippen LogP contribution < -0.4 is 19.5 Å². The van der Waals surface area contributed by atoms with Crippen molar-refractivity contribution in [2.24, 2.45) is 0 Å². The second-order valence-corrected chi connectivity index (χ2v) is 8.62. The molecule has 0 spiro atoms. The topological polar surface area (TPSA) is 103 Å². The number of carbonyl (C=O) groups is 3. The first-order valence-electron chi connectivity index (χ1n) is 12.2. The molecule has 0 unspecified atom stereocenters. The van der Waals surface area contributed by atoms with Crippen LogP contribution in [0.1, 0.15) is 51.2 Å². The Balaban J connectivity index is 1.67. The molecule has 1 aliphatic heterocycles. The molecule has 9 nitrogen and oxygen atoms in total. The van der Waals surface area contributed by atoms with Crippen molar-refractivity contribution in [3.05, 3.63) is 82.9 Å². The largest absolute Gasteiger partial charge is 0.493 e. The number of fused-ring (bicyclic) bond motifs is 1. The number of amides is 2. The van der Waals surface area contributed by atoms with Crippen LogP contribution in [0.25, 0.3) is 0 Å². The Morgan fingerprint density at radius 3 is 2.29 bits per heavy atom. The van der Waals surface area contributed by atoms with Gasteiger partial charge in [0.1, 0.15) is 0 Å². The Labute approximate surface area is 221 Å². The summed E-state index contributed by atoms with van der Waals surface area (Å²) in [4.78, 5) is 40.5. The van der Waals surface area contributed by atoms with Crippen LogP contribution in [-0.2, 0) is 16.1 Å². The molecule has 4 rings (SSSR count). The van der Waals surface area contributed by atoms with Crippen LogP contribution in [0.3, 0.4) is 0 Å². The molecule has 3 aromatic carbocycles. The van der Waals surface area contributed by atoms with Gasteiger partial charge in [-0.05, 0) is 54.4 Å². The van der Waals surface area contributed by atoms with E-state index in [1.54, 1.807) is 54.3 Å². The van der Waals surface area contributed by atoms with Gasteiger partial charge in [-0.1, -0.05) is 24.3 Å². The van der Waals surface area contributed by atoms with Gasteiger partial charge in [-0.3, -0.25) is 9.59 Å². The number of hydrogen-bond donors (Lipinski definition) is 1. The minimum absolute atomic E-state index is 0.0536. The van der Waals surface area contributed by atoms with Crippen molar-refractivity contribution < 1.29 is 33.3 Å². The molecule has 0 saturated carbocycles. The van der Waals surface area contributed by atoms with Gasteiger partial charge in [0.15, 0.2) is 11.5 Å². The molecule has 0 aliphatic carbocycles. The van der Waals surface area contributed by atoms with Crippen molar-refractivity contribution in [3.63, 3.8) is 0 Å². The smallest absolute Gasteiger partial charge is 0.338 e. The first-order valence-corrected chi connectivity index (χ1v) is 12.2. The van der Waals surface area contributed by atoms with Gasteiger partial charge < -0.3 is 29.2 Å². The van der Waals surface area contributed by atoms with Crippen molar-refractivity contribution in [1.82, 2.24) is 4.90 Å². The number of methoxy groups -OCH3 is 3. The Morgan fingerprint density at radius 2 is 1.66 bits per heavy atom. The quantitative estimate of drug-likeness (QED) is 0.391. The highest BCUT2D eigenvalue weighted by Gasteiger charge is 2.35. The van der Waals surface area contributed by atoms with Crippen LogP contribution in [0, 0.1) is 0 Å². The van der Waals surface area contributed by atoms with E-state index in [4.69, 9.17) is 18.9 Å². The molecule has 1 heterocycles. The first kappa shape index (κ1) is 26.5. The number of nitrogens with zero attached hydrogens (tertiary/aromatic N) is 1. The average Bonchev–Trinajstić information content (AvgIpc) is 3.27. The van der Waals surface area contributed by atoms with Crippen LogP contribution in [0.5, 0.6) is 17.2 Å². The van der Waals surface area contributed by atoms with Gasteiger partial charge in [-0.2, -0.15) is 0 Å². The number of esters is 1. The minimum atomic E-state index is -0.642. The van der Waals surface area contributed by atoms with E-state index in [2.05, 4.69) is 5.32 Å². The number of nitrogens with one attached hydrogen (secondary N) is 1. The summed E-state index contributed by atoms with van der Waals surface area (Å²) in [6, 6.07) is 16.8. The third-order valence-electron chi connectivity index (χ3n) is 6.33. The molecule has 0 bridgehead atoms. The lowest BCUT2D eigenvalue weighted by Gasteiger charge is -2.29. The first-order chi connectivity index (χ1) is 18.4. The Morgan fingerprint density at radius 1 is 0.947 bits per heavy atom. The zero-order chi connectivity index (χ0) is 27.2. The molecule has 2 amide bonds. The summed E-state index contributed by atoms with van der Waals surface area (Å²) in [5.74, 6) is 0.259. The van der Waals surface area contributed by atoms with Crippen molar-refractivity contribution in [2.75, 3.05) is 33.3 Å². The maximum absolute atomic E-state index is 13.4. The predicted octanol–water partition coefficient (Wildman–Crippen LogP) is 4.62. The summed E-state index contributed by atoms with van der Waals surface area (Å²) < 4.78 is 21.6. The molecule has 0 fully saturated rings. The number of ether oxygens (including phenoxy) is 4. The third kappa shape index (κ3) is 5.41. The molecule has 38 heavy (non-hydrogen) atoms. The van der Waals surface area contributed by atoms with Crippen molar-refractivity contribution in [3.8, 4) is 17.2 Å².